The molecule has 0 saturated heterocycles. The van der Waals surface area contributed by atoms with Crippen LogP contribution < -0.4 is 15.6 Å². The van der Waals surface area contributed by atoms with E-state index in [-0.39, 0.29) is 48.8 Å². The first-order valence-corrected chi connectivity index (χ1v) is 11.0. The van der Waals surface area contributed by atoms with Crippen molar-refractivity contribution < 1.29 is 4.74 Å². The number of para-hydroxylation sites is 1. The van der Waals surface area contributed by atoms with Crippen molar-refractivity contribution in [3.63, 3.8) is 0 Å². The lowest BCUT2D eigenvalue weighted by Crippen LogP contribution is -2.24. The van der Waals surface area contributed by atoms with Gasteiger partial charge in [-0.2, -0.15) is 0 Å². The summed E-state index contributed by atoms with van der Waals surface area (Å²) in [5, 5.41) is 4.61. The predicted octanol–water partition coefficient (Wildman–Crippen LogP) is 5.33. The largest absolute Gasteiger partial charge is 0.493 e. The summed E-state index contributed by atoms with van der Waals surface area (Å²) in [4.78, 5) is 20.6. The van der Waals surface area contributed by atoms with Crippen molar-refractivity contribution in [2.45, 2.75) is 25.3 Å². The van der Waals surface area contributed by atoms with Gasteiger partial charge >= 0.3 is 0 Å². The van der Waals surface area contributed by atoms with Gasteiger partial charge in [0.15, 0.2) is 0 Å². The van der Waals surface area contributed by atoms with Crippen LogP contribution in [-0.2, 0) is 13.5 Å². The first-order chi connectivity index (χ1) is 15.7. The molecular weight excluding hydrogens is 507 g/mol. The van der Waals surface area contributed by atoms with Gasteiger partial charge in [-0.1, -0.05) is 18.2 Å². The average Bonchev–Trinajstić information content (AvgIpc) is 2.85. The van der Waals surface area contributed by atoms with Gasteiger partial charge in [0.05, 0.1) is 12.1 Å². The summed E-state index contributed by atoms with van der Waals surface area (Å²) in [6.07, 6.45) is 10.1. The molecule has 0 aliphatic rings. The summed E-state index contributed by atoms with van der Waals surface area (Å²) in [6, 6.07) is 17.8. The fourth-order valence-electron chi connectivity index (χ4n) is 3.87. The average molecular weight is 538 g/mol. The van der Waals surface area contributed by atoms with E-state index in [1.165, 1.54) is 11.1 Å². The summed E-state index contributed by atoms with van der Waals surface area (Å²) < 4.78 is 7.64. The first kappa shape index (κ1) is 30.4. The molecule has 4 rings (SSSR count). The zero-order chi connectivity index (χ0) is 22.2. The van der Waals surface area contributed by atoms with E-state index < -0.39 is 0 Å². The molecule has 0 aliphatic carbocycles. The van der Waals surface area contributed by atoms with Crippen LogP contribution >= 0.6 is 37.2 Å². The van der Waals surface area contributed by atoms with Crippen molar-refractivity contribution in [2.24, 2.45) is 7.05 Å². The zero-order valence-electron chi connectivity index (χ0n) is 19.5. The molecule has 0 amide bonds. The van der Waals surface area contributed by atoms with E-state index in [9.17, 15) is 4.79 Å². The van der Waals surface area contributed by atoms with E-state index in [0.29, 0.717) is 12.4 Å². The van der Waals surface area contributed by atoms with E-state index in [0.717, 1.165) is 36.7 Å². The van der Waals surface area contributed by atoms with Crippen molar-refractivity contribution in [3.8, 4) is 5.75 Å². The molecule has 0 saturated carbocycles. The van der Waals surface area contributed by atoms with Gasteiger partial charge < -0.3 is 14.6 Å². The summed E-state index contributed by atoms with van der Waals surface area (Å²) >= 11 is 0. The van der Waals surface area contributed by atoms with Crippen LogP contribution in [0.1, 0.15) is 30.0 Å². The fraction of sp³-hybridized carbons (Fsp3) is 0.269. The summed E-state index contributed by atoms with van der Waals surface area (Å²) in [7, 11) is 1.78. The monoisotopic (exact) mass is 536 g/mol. The Kier molecular flexibility index (Phi) is 13.3. The Morgan fingerprint density at radius 2 is 1.74 bits per heavy atom. The number of pyridine rings is 3. The number of fused-ring (bicyclic) bond motifs is 1. The molecule has 3 aromatic heterocycles. The molecule has 1 unspecified atom stereocenters. The molecule has 0 radical (unpaired) electrons. The van der Waals surface area contributed by atoms with Crippen molar-refractivity contribution in [2.75, 3.05) is 13.2 Å². The van der Waals surface area contributed by atoms with Crippen LogP contribution in [0.25, 0.3) is 10.9 Å². The lowest BCUT2D eigenvalue weighted by atomic mass is 10.0. The standard InChI is InChI=1S/C26H28N4O2.3ClH/c1-30-24-8-3-2-7-22(24)25(18-26(30)31)32-17-5-14-29-23(21-11-15-27-16-12-21)10-9-20-6-4-13-28-19-20;;;/h2-4,6-8,11-13,15-16,18-19,23,29H,5,9-10,14,17H2,1H3;3*1H. The van der Waals surface area contributed by atoms with Crippen molar-refractivity contribution >= 4 is 48.1 Å². The lowest BCUT2D eigenvalue weighted by Gasteiger charge is -2.19. The maximum atomic E-state index is 12.2. The van der Waals surface area contributed by atoms with E-state index >= 15 is 0 Å². The van der Waals surface area contributed by atoms with E-state index in [1.54, 1.807) is 23.9 Å². The predicted molar refractivity (Wildman–Crippen MR) is 149 cm³/mol. The van der Waals surface area contributed by atoms with Crippen LogP contribution in [0.15, 0.2) is 84.2 Å². The summed E-state index contributed by atoms with van der Waals surface area (Å²) in [6.45, 7) is 1.35. The van der Waals surface area contributed by atoms with E-state index in [1.807, 2.05) is 48.9 Å². The molecule has 9 heteroatoms. The maximum absolute atomic E-state index is 12.2. The van der Waals surface area contributed by atoms with E-state index in [2.05, 4.69) is 33.5 Å². The SMILES string of the molecule is Cl.Cl.Cl.Cn1c(=O)cc(OCCCNC(CCc2cccnc2)c2ccncc2)c2ccccc21. The first-order valence-electron chi connectivity index (χ1n) is 11.0. The minimum atomic E-state index is -0.0648. The number of hydrogen-bond donors (Lipinski definition) is 1. The number of benzene rings is 1. The minimum Gasteiger partial charge on any atom is -0.493 e. The molecule has 0 bridgehead atoms. The lowest BCUT2D eigenvalue weighted by molar-refractivity contribution is 0.306. The summed E-state index contributed by atoms with van der Waals surface area (Å²) in [5.74, 6) is 0.644. The Morgan fingerprint density at radius 1 is 0.971 bits per heavy atom. The number of rotatable bonds is 10. The van der Waals surface area contributed by atoms with Gasteiger partial charge in [-0.15, -0.1) is 37.2 Å². The van der Waals surface area contributed by atoms with Crippen molar-refractivity contribution in [1.82, 2.24) is 19.9 Å². The third kappa shape index (κ3) is 8.22. The van der Waals surface area contributed by atoms with Crippen molar-refractivity contribution in [3.05, 3.63) is 101 Å². The number of nitrogens with one attached hydrogen (secondary N) is 1. The number of ether oxygens (including phenoxy) is 1. The highest BCUT2D eigenvalue weighted by Gasteiger charge is 2.12. The van der Waals surface area contributed by atoms with Gasteiger partial charge in [0.1, 0.15) is 5.75 Å². The van der Waals surface area contributed by atoms with Gasteiger partial charge in [-0.3, -0.25) is 14.8 Å². The molecule has 0 aliphatic heterocycles. The van der Waals surface area contributed by atoms with Crippen LogP contribution in [0.2, 0.25) is 0 Å². The highest BCUT2D eigenvalue weighted by molar-refractivity contribution is 5.86. The molecule has 6 nitrogen and oxygen atoms in total. The molecule has 3 heterocycles. The van der Waals surface area contributed by atoms with Gasteiger partial charge in [-0.05, 0) is 67.3 Å². The molecule has 1 N–H and O–H groups in total. The number of halogens is 3. The molecule has 0 fully saturated rings. The Morgan fingerprint density at radius 3 is 2.49 bits per heavy atom. The normalized spacial score (nSPS) is 11.0. The Balaban J connectivity index is 0.00000204. The third-order valence-electron chi connectivity index (χ3n) is 5.64. The number of aryl methyl sites for hydroxylation is 2. The molecule has 35 heavy (non-hydrogen) atoms. The second kappa shape index (κ2) is 15.4. The second-order valence-electron chi connectivity index (χ2n) is 7.81. The van der Waals surface area contributed by atoms with Gasteiger partial charge in [0.2, 0.25) is 0 Å². The number of aromatic nitrogens is 3. The van der Waals surface area contributed by atoms with Crippen LogP contribution in [0, 0.1) is 0 Å². The zero-order valence-corrected chi connectivity index (χ0v) is 22.0. The quantitative estimate of drug-likeness (QED) is 0.277. The van der Waals surface area contributed by atoms with Gasteiger partial charge in [0, 0.05) is 49.3 Å². The number of nitrogens with zero attached hydrogens (tertiary/aromatic N) is 3. The molecule has 1 aromatic carbocycles. The molecule has 1 atom stereocenters. The topological polar surface area (TPSA) is 69.0 Å². The fourth-order valence-corrected chi connectivity index (χ4v) is 3.87. The molecule has 0 spiro atoms. The van der Waals surface area contributed by atoms with Crippen LogP contribution in [0.5, 0.6) is 5.75 Å². The highest BCUT2D eigenvalue weighted by atomic mass is 35.5. The Labute approximate surface area is 224 Å². The Bertz CT molecular complexity index is 1210. The van der Waals surface area contributed by atoms with Crippen LogP contribution in [0.3, 0.4) is 0 Å². The van der Waals surface area contributed by atoms with Crippen LogP contribution in [-0.4, -0.2) is 27.7 Å². The van der Waals surface area contributed by atoms with Gasteiger partial charge in [0.25, 0.3) is 5.56 Å². The van der Waals surface area contributed by atoms with E-state index in [4.69, 9.17) is 4.74 Å². The van der Waals surface area contributed by atoms with Gasteiger partial charge in [-0.25, -0.2) is 0 Å². The maximum Gasteiger partial charge on any atom is 0.254 e. The third-order valence-corrected chi connectivity index (χ3v) is 5.64. The smallest absolute Gasteiger partial charge is 0.254 e. The Hall–Kier alpha value is -2.64. The highest BCUT2D eigenvalue weighted by Crippen LogP contribution is 2.23. The second-order valence-corrected chi connectivity index (χ2v) is 7.81. The summed E-state index contributed by atoms with van der Waals surface area (Å²) in [5.41, 5.74) is 3.27. The molecule has 4 aromatic rings. The van der Waals surface area contributed by atoms with Crippen molar-refractivity contribution in [1.29, 1.82) is 0 Å². The van der Waals surface area contributed by atoms with Crippen LogP contribution in [0.4, 0.5) is 0 Å². The minimum absolute atomic E-state index is 0. The molecular formula is C26H31Cl3N4O2. The molecule has 188 valence electrons. The number of hydrogen-bond acceptors (Lipinski definition) is 5.